The van der Waals surface area contributed by atoms with Crippen molar-refractivity contribution in [2.24, 2.45) is 5.92 Å². The van der Waals surface area contributed by atoms with E-state index in [9.17, 15) is 0 Å². The lowest BCUT2D eigenvalue weighted by Gasteiger charge is -2.18. The number of aryl methyl sites for hydroxylation is 2. The highest BCUT2D eigenvalue weighted by Crippen LogP contribution is 2.25. The van der Waals surface area contributed by atoms with Gasteiger partial charge in [0.2, 0.25) is 0 Å². The number of pyridine rings is 1. The maximum absolute atomic E-state index is 4.65. The van der Waals surface area contributed by atoms with Crippen LogP contribution in [-0.2, 0) is 13.1 Å². The van der Waals surface area contributed by atoms with Gasteiger partial charge in [-0.3, -0.25) is 9.88 Å². The molecular formula is C22H26N4. The molecule has 0 aliphatic carbocycles. The first-order chi connectivity index (χ1) is 12.7. The zero-order chi connectivity index (χ0) is 17.9. The smallest absolute Gasteiger partial charge is 0.140 e. The molecule has 0 amide bonds. The average Bonchev–Trinajstić information content (AvgIpc) is 3.23. The van der Waals surface area contributed by atoms with Crippen molar-refractivity contribution in [1.82, 2.24) is 19.4 Å². The van der Waals surface area contributed by atoms with Gasteiger partial charge in [-0.2, -0.15) is 0 Å². The molecule has 4 nitrogen and oxygen atoms in total. The molecule has 4 heteroatoms. The first kappa shape index (κ1) is 17.0. The fourth-order valence-corrected chi connectivity index (χ4v) is 3.96. The van der Waals surface area contributed by atoms with Crippen molar-refractivity contribution in [3.05, 3.63) is 71.8 Å². The van der Waals surface area contributed by atoms with Gasteiger partial charge < -0.3 is 4.57 Å². The number of nitrogens with zero attached hydrogens (tertiary/aromatic N) is 4. The summed E-state index contributed by atoms with van der Waals surface area (Å²) >= 11 is 0. The molecule has 1 aliphatic heterocycles. The first-order valence-corrected chi connectivity index (χ1v) is 9.39. The van der Waals surface area contributed by atoms with Gasteiger partial charge >= 0.3 is 0 Å². The summed E-state index contributed by atoms with van der Waals surface area (Å²) in [6.45, 7) is 8.74. The maximum Gasteiger partial charge on any atom is 0.140 e. The fourth-order valence-electron chi connectivity index (χ4n) is 3.96. The molecule has 134 valence electrons. The quantitative estimate of drug-likeness (QED) is 0.698. The molecule has 0 bridgehead atoms. The molecule has 1 aliphatic rings. The summed E-state index contributed by atoms with van der Waals surface area (Å²) in [4.78, 5) is 11.4. The predicted octanol–water partition coefficient (Wildman–Crippen LogP) is 4.08. The largest absolute Gasteiger partial charge is 0.328 e. The van der Waals surface area contributed by atoms with Gasteiger partial charge in [0.1, 0.15) is 5.82 Å². The molecule has 1 aromatic carbocycles. The molecule has 1 atom stereocenters. The van der Waals surface area contributed by atoms with Crippen LogP contribution in [0.2, 0.25) is 0 Å². The van der Waals surface area contributed by atoms with E-state index in [4.69, 9.17) is 0 Å². The molecule has 1 unspecified atom stereocenters. The van der Waals surface area contributed by atoms with Crippen molar-refractivity contribution in [2.75, 3.05) is 13.1 Å². The maximum atomic E-state index is 4.65. The standard InChI is InChI=1S/C22H26N4/c1-17-4-3-5-19(12-17)14-25-11-8-20(15-25)16-26-18(2)13-24-22(26)21-6-9-23-10-7-21/h3-7,9-10,12-13,20H,8,11,14-16H2,1-2H3. The lowest BCUT2D eigenvalue weighted by atomic mass is 10.1. The van der Waals surface area contributed by atoms with E-state index in [2.05, 4.69) is 57.5 Å². The van der Waals surface area contributed by atoms with E-state index in [1.54, 1.807) is 0 Å². The van der Waals surface area contributed by atoms with E-state index in [0.29, 0.717) is 5.92 Å². The van der Waals surface area contributed by atoms with Gasteiger partial charge in [-0.15, -0.1) is 0 Å². The van der Waals surface area contributed by atoms with Crippen LogP contribution in [0.3, 0.4) is 0 Å². The highest BCUT2D eigenvalue weighted by molar-refractivity contribution is 5.55. The summed E-state index contributed by atoms with van der Waals surface area (Å²) in [7, 11) is 0. The normalized spacial score (nSPS) is 17.7. The van der Waals surface area contributed by atoms with E-state index in [1.807, 2.05) is 30.7 Å². The zero-order valence-corrected chi connectivity index (χ0v) is 15.6. The minimum absolute atomic E-state index is 0.674. The van der Waals surface area contributed by atoms with E-state index in [0.717, 1.165) is 31.0 Å². The Hall–Kier alpha value is -2.46. The van der Waals surface area contributed by atoms with Crippen molar-refractivity contribution in [2.45, 2.75) is 33.4 Å². The zero-order valence-electron chi connectivity index (χ0n) is 15.6. The Labute approximate surface area is 155 Å². The summed E-state index contributed by atoms with van der Waals surface area (Å²) < 4.78 is 2.37. The second kappa shape index (κ2) is 7.42. The average molecular weight is 346 g/mol. The monoisotopic (exact) mass is 346 g/mol. The number of rotatable bonds is 5. The molecule has 0 N–H and O–H groups in total. The minimum Gasteiger partial charge on any atom is -0.328 e. The van der Waals surface area contributed by atoms with Crippen LogP contribution in [0.15, 0.2) is 55.0 Å². The van der Waals surface area contributed by atoms with Gasteiger partial charge in [-0.1, -0.05) is 29.8 Å². The Bertz CT molecular complexity index is 869. The molecule has 2 aromatic heterocycles. The molecule has 1 saturated heterocycles. The first-order valence-electron chi connectivity index (χ1n) is 9.39. The van der Waals surface area contributed by atoms with Crippen LogP contribution in [0, 0.1) is 19.8 Å². The number of benzene rings is 1. The van der Waals surface area contributed by atoms with Gasteiger partial charge in [-0.25, -0.2) is 4.98 Å². The van der Waals surface area contributed by atoms with Gasteiger partial charge in [0.15, 0.2) is 0 Å². The Kier molecular flexibility index (Phi) is 4.85. The van der Waals surface area contributed by atoms with Crippen LogP contribution in [0.4, 0.5) is 0 Å². The van der Waals surface area contributed by atoms with Gasteiger partial charge in [0.05, 0.1) is 0 Å². The van der Waals surface area contributed by atoms with Crippen LogP contribution in [0.1, 0.15) is 23.2 Å². The molecule has 0 radical (unpaired) electrons. The fraction of sp³-hybridized carbons (Fsp3) is 0.364. The van der Waals surface area contributed by atoms with Crippen LogP contribution in [0.5, 0.6) is 0 Å². The molecule has 4 rings (SSSR count). The highest BCUT2D eigenvalue weighted by atomic mass is 15.2. The molecule has 3 aromatic rings. The summed E-state index contributed by atoms with van der Waals surface area (Å²) in [5.41, 5.74) is 5.13. The topological polar surface area (TPSA) is 34.0 Å². The van der Waals surface area contributed by atoms with Gasteiger partial charge in [0, 0.05) is 49.5 Å². The molecule has 0 spiro atoms. The SMILES string of the molecule is Cc1cccc(CN2CCC(Cn3c(C)cnc3-c3ccncc3)C2)c1. The molecule has 26 heavy (non-hydrogen) atoms. The predicted molar refractivity (Wildman–Crippen MR) is 105 cm³/mol. The Morgan fingerprint density at radius 2 is 1.96 bits per heavy atom. The number of hydrogen-bond donors (Lipinski definition) is 0. The van der Waals surface area contributed by atoms with Crippen molar-refractivity contribution in [3.8, 4) is 11.4 Å². The molecule has 3 heterocycles. The number of hydrogen-bond acceptors (Lipinski definition) is 3. The van der Waals surface area contributed by atoms with Gasteiger partial charge in [-0.05, 0) is 50.4 Å². The summed E-state index contributed by atoms with van der Waals surface area (Å²) in [5.74, 6) is 1.73. The van der Waals surface area contributed by atoms with E-state index in [-0.39, 0.29) is 0 Å². The van der Waals surface area contributed by atoms with Crippen molar-refractivity contribution >= 4 is 0 Å². The summed E-state index contributed by atoms with van der Waals surface area (Å²) in [6, 6.07) is 12.9. The second-order valence-corrected chi connectivity index (χ2v) is 7.45. The Morgan fingerprint density at radius 1 is 1.12 bits per heavy atom. The summed E-state index contributed by atoms with van der Waals surface area (Å²) in [5, 5.41) is 0. The number of imidazole rings is 1. The van der Waals surface area contributed by atoms with Crippen LogP contribution in [0.25, 0.3) is 11.4 Å². The lowest BCUT2D eigenvalue weighted by Crippen LogP contribution is -2.22. The van der Waals surface area contributed by atoms with Crippen LogP contribution < -0.4 is 0 Å². The number of aromatic nitrogens is 3. The summed E-state index contributed by atoms with van der Waals surface area (Å²) in [6.07, 6.45) is 6.90. The van der Waals surface area contributed by atoms with Crippen molar-refractivity contribution < 1.29 is 0 Å². The van der Waals surface area contributed by atoms with E-state index >= 15 is 0 Å². The van der Waals surface area contributed by atoms with Crippen LogP contribution >= 0.6 is 0 Å². The van der Waals surface area contributed by atoms with Crippen molar-refractivity contribution in [1.29, 1.82) is 0 Å². The van der Waals surface area contributed by atoms with Gasteiger partial charge in [0.25, 0.3) is 0 Å². The molecule has 0 saturated carbocycles. The third kappa shape index (κ3) is 3.70. The van der Waals surface area contributed by atoms with Crippen LogP contribution in [-0.4, -0.2) is 32.5 Å². The third-order valence-corrected chi connectivity index (χ3v) is 5.29. The molecular weight excluding hydrogens is 320 g/mol. The Balaban J connectivity index is 1.44. The van der Waals surface area contributed by atoms with E-state index < -0.39 is 0 Å². The third-order valence-electron chi connectivity index (χ3n) is 5.29. The van der Waals surface area contributed by atoms with Crippen molar-refractivity contribution in [3.63, 3.8) is 0 Å². The Morgan fingerprint density at radius 3 is 2.77 bits per heavy atom. The number of likely N-dealkylation sites (tertiary alicyclic amines) is 1. The minimum atomic E-state index is 0.674. The second-order valence-electron chi connectivity index (χ2n) is 7.45. The van der Waals surface area contributed by atoms with E-state index in [1.165, 1.54) is 29.8 Å². The molecule has 1 fully saturated rings. The lowest BCUT2D eigenvalue weighted by molar-refractivity contribution is 0.309. The highest BCUT2D eigenvalue weighted by Gasteiger charge is 2.24.